The van der Waals surface area contributed by atoms with E-state index in [1.54, 1.807) is 18.2 Å². The largest absolute Gasteiger partial charge is 0.434 e. The van der Waals surface area contributed by atoms with E-state index in [4.69, 9.17) is 0 Å². The van der Waals surface area contributed by atoms with Gasteiger partial charge in [0, 0.05) is 17.5 Å². The molecule has 0 aliphatic heterocycles. The summed E-state index contributed by atoms with van der Waals surface area (Å²) in [5.74, 6) is -0.405. The van der Waals surface area contributed by atoms with Gasteiger partial charge in [0.2, 0.25) is 0 Å². The van der Waals surface area contributed by atoms with Gasteiger partial charge in [-0.2, -0.15) is 13.2 Å². The highest BCUT2D eigenvalue weighted by Crippen LogP contribution is 2.31. The molecule has 1 aromatic heterocycles. The van der Waals surface area contributed by atoms with Crippen molar-refractivity contribution in [2.45, 2.75) is 12.7 Å². The first kappa shape index (κ1) is 12.8. The number of rotatable bonds is 3. The van der Waals surface area contributed by atoms with Crippen LogP contribution in [0.4, 0.5) is 22.7 Å². The Morgan fingerprint density at radius 1 is 1.22 bits per heavy atom. The Bertz CT molecular complexity index is 536. The molecule has 1 aromatic carbocycles. The van der Waals surface area contributed by atoms with Gasteiger partial charge in [-0.25, -0.2) is 9.37 Å². The van der Waals surface area contributed by atoms with Gasteiger partial charge in [-0.3, -0.25) is 0 Å². The summed E-state index contributed by atoms with van der Waals surface area (Å²) in [7, 11) is 0. The Labute approximate surface area is 104 Å². The molecule has 96 valence electrons. The molecule has 2 nitrogen and oxygen atoms in total. The van der Waals surface area contributed by atoms with Crippen molar-refractivity contribution < 1.29 is 17.6 Å². The second-order valence-corrected chi connectivity index (χ2v) is 4.34. The summed E-state index contributed by atoms with van der Waals surface area (Å²) in [6.07, 6.45) is -4.45. The zero-order valence-electron chi connectivity index (χ0n) is 8.96. The maximum absolute atomic E-state index is 13.2. The highest BCUT2D eigenvalue weighted by atomic mass is 32.1. The summed E-state index contributed by atoms with van der Waals surface area (Å²) in [5, 5.41) is 3.70. The fourth-order valence-corrected chi connectivity index (χ4v) is 2.01. The van der Waals surface area contributed by atoms with E-state index in [1.807, 2.05) is 0 Å². The van der Waals surface area contributed by atoms with Crippen LogP contribution in [-0.2, 0) is 12.7 Å². The number of aromatic nitrogens is 1. The second-order valence-electron chi connectivity index (χ2n) is 3.48. The minimum atomic E-state index is -4.45. The second kappa shape index (κ2) is 4.93. The lowest BCUT2D eigenvalue weighted by Crippen LogP contribution is -2.06. The topological polar surface area (TPSA) is 24.9 Å². The molecule has 7 heteroatoms. The maximum Gasteiger partial charge on any atom is 0.434 e. The number of thiazole rings is 1. The number of nitrogens with one attached hydrogen (secondary N) is 1. The third kappa shape index (κ3) is 2.98. The molecule has 0 saturated heterocycles. The average Bonchev–Trinajstić information content (AvgIpc) is 2.76. The van der Waals surface area contributed by atoms with Gasteiger partial charge in [0.15, 0.2) is 10.8 Å². The predicted molar refractivity (Wildman–Crippen MR) is 60.8 cm³/mol. The molecule has 0 spiro atoms. The van der Waals surface area contributed by atoms with Crippen LogP contribution in [0.2, 0.25) is 0 Å². The van der Waals surface area contributed by atoms with Crippen LogP contribution in [0, 0.1) is 5.82 Å². The Balaban J connectivity index is 2.03. The summed E-state index contributed by atoms with van der Waals surface area (Å²) in [4.78, 5) is 3.39. The monoisotopic (exact) mass is 276 g/mol. The van der Waals surface area contributed by atoms with E-state index in [0.717, 1.165) is 16.7 Å². The van der Waals surface area contributed by atoms with E-state index in [-0.39, 0.29) is 11.7 Å². The molecule has 1 N–H and O–H groups in total. The molecule has 2 rings (SSSR count). The van der Waals surface area contributed by atoms with Gasteiger partial charge < -0.3 is 5.32 Å². The zero-order chi connectivity index (χ0) is 13.2. The smallest absolute Gasteiger partial charge is 0.357 e. The van der Waals surface area contributed by atoms with Gasteiger partial charge in [0.1, 0.15) is 5.82 Å². The minimum Gasteiger partial charge on any atom is -0.357 e. The van der Waals surface area contributed by atoms with E-state index in [9.17, 15) is 17.6 Å². The minimum absolute atomic E-state index is 0.0947. The molecule has 0 fully saturated rings. The molecular weight excluding hydrogens is 268 g/mol. The molecule has 0 bridgehead atoms. The van der Waals surface area contributed by atoms with Crippen LogP contribution in [0.15, 0.2) is 29.6 Å². The molecular formula is C11H8F4N2S. The third-order valence-corrected chi connectivity index (χ3v) is 2.98. The van der Waals surface area contributed by atoms with Gasteiger partial charge in [-0.1, -0.05) is 18.2 Å². The van der Waals surface area contributed by atoms with E-state index in [0.29, 0.717) is 5.56 Å². The molecule has 0 atom stereocenters. The lowest BCUT2D eigenvalue weighted by Gasteiger charge is -2.04. The number of hydrogen-bond acceptors (Lipinski definition) is 3. The van der Waals surface area contributed by atoms with Gasteiger partial charge in [-0.05, 0) is 6.07 Å². The van der Waals surface area contributed by atoms with Crippen LogP contribution in [0.1, 0.15) is 11.3 Å². The van der Waals surface area contributed by atoms with Crippen LogP contribution >= 0.6 is 11.3 Å². The van der Waals surface area contributed by atoms with E-state index < -0.39 is 17.7 Å². The molecule has 1 heterocycles. The quantitative estimate of drug-likeness (QED) is 0.860. The van der Waals surface area contributed by atoms with Crippen molar-refractivity contribution in [2.24, 2.45) is 0 Å². The Kier molecular flexibility index (Phi) is 3.51. The fraction of sp³-hybridized carbons (Fsp3) is 0.182. The van der Waals surface area contributed by atoms with Crippen molar-refractivity contribution in [3.63, 3.8) is 0 Å². The number of nitrogens with zero attached hydrogens (tertiary/aromatic N) is 1. The normalized spacial score (nSPS) is 11.6. The number of alkyl halides is 3. The van der Waals surface area contributed by atoms with Crippen molar-refractivity contribution in [1.29, 1.82) is 0 Å². The predicted octanol–water partition coefficient (Wildman–Crippen LogP) is 3.91. The SMILES string of the molecule is Fc1ccccc1CNc1nc(C(F)(F)F)cs1. The molecule has 0 saturated carbocycles. The van der Waals surface area contributed by atoms with Gasteiger partial charge in [0.05, 0.1) is 0 Å². The first-order valence-corrected chi connectivity index (χ1v) is 5.85. The van der Waals surface area contributed by atoms with Crippen LogP contribution in [0.3, 0.4) is 0 Å². The molecule has 0 radical (unpaired) electrons. The number of benzene rings is 1. The molecule has 0 amide bonds. The first-order chi connectivity index (χ1) is 8.47. The highest BCUT2D eigenvalue weighted by molar-refractivity contribution is 7.13. The van der Waals surface area contributed by atoms with Crippen molar-refractivity contribution in [1.82, 2.24) is 4.98 Å². The fourth-order valence-electron chi connectivity index (χ4n) is 1.30. The Morgan fingerprint density at radius 3 is 2.56 bits per heavy atom. The van der Waals surface area contributed by atoms with Crippen LogP contribution in [0.25, 0.3) is 0 Å². The van der Waals surface area contributed by atoms with Crippen molar-refractivity contribution in [3.8, 4) is 0 Å². The lowest BCUT2D eigenvalue weighted by atomic mass is 10.2. The van der Waals surface area contributed by atoms with E-state index in [1.165, 1.54) is 6.07 Å². The lowest BCUT2D eigenvalue weighted by molar-refractivity contribution is -0.140. The summed E-state index contributed by atoms with van der Waals surface area (Å²) in [6.45, 7) is 0.0947. The highest BCUT2D eigenvalue weighted by Gasteiger charge is 2.33. The number of halogens is 4. The van der Waals surface area contributed by atoms with Crippen LogP contribution < -0.4 is 5.32 Å². The Hall–Kier alpha value is -1.63. The average molecular weight is 276 g/mol. The zero-order valence-corrected chi connectivity index (χ0v) is 9.78. The summed E-state index contributed by atoms with van der Waals surface area (Å²) >= 11 is 0.837. The first-order valence-electron chi connectivity index (χ1n) is 4.97. The standard InChI is InChI=1S/C11H8F4N2S/c12-8-4-2-1-3-7(8)5-16-10-17-9(6-18-10)11(13,14)15/h1-4,6H,5H2,(H,16,17). The Morgan fingerprint density at radius 2 is 1.94 bits per heavy atom. The number of hydrogen-bond donors (Lipinski definition) is 1. The van der Waals surface area contributed by atoms with Crippen LogP contribution in [-0.4, -0.2) is 4.98 Å². The van der Waals surface area contributed by atoms with Crippen molar-refractivity contribution in [3.05, 3.63) is 46.7 Å². The molecule has 0 aliphatic rings. The maximum atomic E-state index is 13.2. The van der Waals surface area contributed by atoms with Crippen LogP contribution in [0.5, 0.6) is 0 Å². The number of anilines is 1. The van der Waals surface area contributed by atoms with E-state index >= 15 is 0 Å². The van der Waals surface area contributed by atoms with Gasteiger partial charge in [-0.15, -0.1) is 11.3 Å². The summed E-state index contributed by atoms with van der Waals surface area (Å²) < 4.78 is 50.1. The van der Waals surface area contributed by atoms with Crippen molar-refractivity contribution >= 4 is 16.5 Å². The van der Waals surface area contributed by atoms with Gasteiger partial charge >= 0.3 is 6.18 Å². The summed E-state index contributed by atoms with van der Waals surface area (Å²) in [6, 6.07) is 6.05. The molecule has 0 aliphatic carbocycles. The summed E-state index contributed by atoms with van der Waals surface area (Å²) in [5.41, 5.74) is -0.565. The van der Waals surface area contributed by atoms with Gasteiger partial charge in [0.25, 0.3) is 0 Å². The molecule has 0 unspecified atom stereocenters. The van der Waals surface area contributed by atoms with E-state index in [2.05, 4.69) is 10.3 Å². The molecule has 18 heavy (non-hydrogen) atoms. The molecule has 2 aromatic rings. The van der Waals surface area contributed by atoms with Crippen molar-refractivity contribution in [2.75, 3.05) is 5.32 Å². The third-order valence-electron chi connectivity index (χ3n) is 2.18.